The number of piperidine rings is 1. The molecule has 2 aromatic rings. The van der Waals surface area contributed by atoms with E-state index in [1.807, 2.05) is 6.07 Å². The molecule has 1 N–H and O–H groups in total. The molecule has 0 amide bonds. The first kappa shape index (κ1) is 15.6. The summed E-state index contributed by atoms with van der Waals surface area (Å²) in [5.41, 5.74) is -0.146. The van der Waals surface area contributed by atoms with Gasteiger partial charge in [0.05, 0.1) is 15.2 Å². The van der Waals surface area contributed by atoms with Gasteiger partial charge in [0.1, 0.15) is 5.60 Å². The zero-order valence-electron chi connectivity index (χ0n) is 13.1. The number of likely N-dealkylation sites (tertiary alicyclic amines) is 1. The first-order valence-corrected chi connectivity index (χ1v) is 8.58. The molecule has 22 heavy (non-hydrogen) atoms. The number of ketones is 1. The van der Waals surface area contributed by atoms with Gasteiger partial charge in [0, 0.05) is 12.5 Å². The van der Waals surface area contributed by atoms with Crippen molar-refractivity contribution in [2.75, 3.05) is 19.6 Å². The fourth-order valence-electron chi connectivity index (χ4n) is 2.95. The SMILES string of the molecule is CC(=O)[C@](C)(O)CN1CCC(c2nc3ccccc3s2)CC1. The second kappa shape index (κ2) is 6.07. The molecule has 0 unspecified atom stereocenters. The van der Waals surface area contributed by atoms with Gasteiger partial charge in [-0.1, -0.05) is 12.1 Å². The van der Waals surface area contributed by atoms with E-state index in [1.165, 1.54) is 16.6 Å². The molecular weight excluding hydrogens is 296 g/mol. The second-order valence-corrected chi connectivity index (χ2v) is 7.46. The number of thiazole rings is 1. The average molecular weight is 318 g/mol. The van der Waals surface area contributed by atoms with Crippen LogP contribution in [0, 0.1) is 0 Å². The minimum atomic E-state index is -1.23. The molecule has 2 heterocycles. The van der Waals surface area contributed by atoms with Crippen LogP contribution in [0.4, 0.5) is 0 Å². The monoisotopic (exact) mass is 318 g/mol. The van der Waals surface area contributed by atoms with Crippen molar-refractivity contribution in [3.8, 4) is 0 Å². The molecule has 0 radical (unpaired) electrons. The third-order valence-corrected chi connectivity index (χ3v) is 5.74. The van der Waals surface area contributed by atoms with Crippen molar-refractivity contribution >= 4 is 27.3 Å². The molecule has 0 aliphatic carbocycles. The van der Waals surface area contributed by atoms with E-state index in [4.69, 9.17) is 4.98 Å². The van der Waals surface area contributed by atoms with Crippen LogP contribution in [0.25, 0.3) is 10.2 Å². The number of rotatable bonds is 4. The van der Waals surface area contributed by atoms with Gasteiger partial charge in [0.2, 0.25) is 0 Å². The molecular formula is C17H22N2O2S. The second-order valence-electron chi connectivity index (χ2n) is 6.40. The van der Waals surface area contributed by atoms with E-state index in [0.717, 1.165) is 31.4 Å². The van der Waals surface area contributed by atoms with Gasteiger partial charge in [-0.25, -0.2) is 4.98 Å². The Morgan fingerprint density at radius 1 is 1.41 bits per heavy atom. The summed E-state index contributed by atoms with van der Waals surface area (Å²) in [6, 6.07) is 8.26. The largest absolute Gasteiger partial charge is 0.381 e. The van der Waals surface area contributed by atoms with Crippen LogP contribution in [-0.2, 0) is 4.79 Å². The Labute approximate surface area is 134 Å². The number of aliphatic hydroxyl groups is 1. The minimum absolute atomic E-state index is 0.166. The number of nitrogens with zero attached hydrogens (tertiary/aromatic N) is 2. The third kappa shape index (κ3) is 3.21. The first-order valence-electron chi connectivity index (χ1n) is 7.77. The molecule has 1 aliphatic heterocycles. The molecule has 0 saturated carbocycles. The molecule has 3 rings (SSSR count). The predicted octanol–water partition coefficient (Wildman–Crippen LogP) is 2.82. The maximum absolute atomic E-state index is 11.4. The Morgan fingerprint density at radius 3 is 2.73 bits per heavy atom. The number of carbonyl (C=O) groups is 1. The van der Waals surface area contributed by atoms with E-state index in [-0.39, 0.29) is 5.78 Å². The topological polar surface area (TPSA) is 53.4 Å². The Hall–Kier alpha value is -1.30. The summed E-state index contributed by atoms with van der Waals surface area (Å²) >= 11 is 1.79. The van der Waals surface area contributed by atoms with Crippen molar-refractivity contribution in [3.63, 3.8) is 0 Å². The van der Waals surface area contributed by atoms with E-state index in [0.29, 0.717) is 12.5 Å². The summed E-state index contributed by atoms with van der Waals surface area (Å²) in [5, 5.41) is 11.3. The van der Waals surface area contributed by atoms with E-state index < -0.39 is 5.60 Å². The van der Waals surface area contributed by atoms with Crippen LogP contribution in [0.3, 0.4) is 0 Å². The quantitative estimate of drug-likeness (QED) is 0.942. The summed E-state index contributed by atoms with van der Waals surface area (Å²) in [7, 11) is 0. The fourth-order valence-corrected chi connectivity index (χ4v) is 4.09. The maximum Gasteiger partial charge on any atom is 0.162 e. The number of aromatic nitrogens is 1. The molecule has 1 aliphatic rings. The summed E-state index contributed by atoms with van der Waals surface area (Å²) in [6.07, 6.45) is 2.07. The first-order chi connectivity index (χ1) is 10.5. The van der Waals surface area contributed by atoms with Crippen LogP contribution in [0.15, 0.2) is 24.3 Å². The predicted molar refractivity (Wildman–Crippen MR) is 89.3 cm³/mol. The van der Waals surface area contributed by atoms with Crippen molar-refractivity contribution in [2.24, 2.45) is 0 Å². The van der Waals surface area contributed by atoms with Gasteiger partial charge in [-0.2, -0.15) is 0 Å². The molecule has 0 spiro atoms. The Balaban J connectivity index is 1.63. The van der Waals surface area contributed by atoms with E-state index in [2.05, 4.69) is 23.1 Å². The van der Waals surface area contributed by atoms with Crippen molar-refractivity contribution in [1.29, 1.82) is 0 Å². The zero-order valence-corrected chi connectivity index (χ0v) is 13.9. The Bertz CT molecular complexity index is 639. The van der Waals surface area contributed by atoms with Crippen LogP contribution in [0.2, 0.25) is 0 Å². The van der Waals surface area contributed by atoms with Crippen LogP contribution in [0.5, 0.6) is 0 Å². The molecule has 5 heteroatoms. The van der Waals surface area contributed by atoms with Gasteiger partial charge in [-0.15, -0.1) is 11.3 Å². The van der Waals surface area contributed by atoms with E-state index in [1.54, 1.807) is 18.3 Å². The average Bonchev–Trinajstić information content (AvgIpc) is 2.91. The van der Waals surface area contributed by atoms with Crippen LogP contribution < -0.4 is 0 Å². The standard InChI is InChI=1S/C17H22N2O2S/c1-12(20)17(2,21)11-19-9-7-13(8-10-19)16-18-14-5-3-4-6-15(14)22-16/h3-6,13,21H,7-11H2,1-2H3/t17-/m1/s1. The summed E-state index contributed by atoms with van der Waals surface area (Å²) in [4.78, 5) is 18.4. The fraction of sp³-hybridized carbons (Fsp3) is 0.529. The molecule has 118 valence electrons. The normalized spacial score (nSPS) is 20.1. The van der Waals surface area contributed by atoms with Crippen molar-refractivity contribution < 1.29 is 9.90 Å². The lowest BCUT2D eigenvalue weighted by Gasteiger charge is -2.35. The number of β-amino-alcohol motifs (C(OH)–C–C–N with tert-alkyl or cyclic N) is 1. The van der Waals surface area contributed by atoms with Gasteiger partial charge < -0.3 is 5.11 Å². The molecule has 1 atom stereocenters. The summed E-state index contributed by atoms with van der Waals surface area (Å²) in [5.74, 6) is 0.330. The highest BCUT2D eigenvalue weighted by Crippen LogP contribution is 2.34. The highest BCUT2D eigenvalue weighted by atomic mass is 32.1. The Kier molecular flexibility index (Phi) is 4.30. The lowest BCUT2D eigenvalue weighted by Crippen LogP contribution is -2.48. The van der Waals surface area contributed by atoms with Gasteiger partial charge in [-0.05, 0) is 51.9 Å². The van der Waals surface area contributed by atoms with E-state index in [9.17, 15) is 9.90 Å². The molecule has 0 bridgehead atoms. The van der Waals surface area contributed by atoms with Gasteiger partial charge in [-0.3, -0.25) is 9.69 Å². The van der Waals surface area contributed by atoms with Crippen molar-refractivity contribution in [2.45, 2.75) is 38.2 Å². The number of hydrogen-bond acceptors (Lipinski definition) is 5. The zero-order chi connectivity index (χ0) is 15.7. The number of carbonyl (C=O) groups excluding carboxylic acids is 1. The highest BCUT2D eigenvalue weighted by Gasteiger charge is 2.31. The maximum atomic E-state index is 11.4. The van der Waals surface area contributed by atoms with Gasteiger partial charge in [0.15, 0.2) is 5.78 Å². The number of para-hydroxylation sites is 1. The van der Waals surface area contributed by atoms with Crippen LogP contribution in [-0.4, -0.2) is 46.0 Å². The smallest absolute Gasteiger partial charge is 0.162 e. The number of hydrogen-bond donors (Lipinski definition) is 1. The molecule has 1 fully saturated rings. The van der Waals surface area contributed by atoms with Gasteiger partial charge >= 0.3 is 0 Å². The summed E-state index contributed by atoms with van der Waals surface area (Å²) < 4.78 is 1.25. The number of Topliss-reactive ketones (excluding diaryl/α,β-unsaturated/α-hetero) is 1. The van der Waals surface area contributed by atoms with Crippen LogP contribution >= 0.6 is 11.3 Å². The lowest BCUT2D eigenvalue weighted by atomic mass is 9.95. The molecule has 1 aromatic carbocycles. The molecule has 1 saturated heterocycles. The molecule has 1 aromatic heterocycles. The van der Waals surface area contributed by atoms with Crippen LogP contribution in [0.1, 0.15) is 37.6 Å². The number of benzene rings is 1. The van der Waals surface area contributed by atoms with Crippen molar-refractivity contribution in [3.05, 3.63) is 29.3 Å². The van der Waals surface area contributed by atoms with E-state index >= 15 is 0 Å². The highest BCUT2D eigenvalue weighted by molar-refractivity contribution is 7.18. The third-order valence-electron chi connectivity index (χ3n) is 4.54. The van der Waals surface area contributed by atoms with Gasteiger partial charge in [0.25, 0.3) is 0 Å². The van der Waals surface area contributed by atoms with Crippen molar-refractivity contribution in [1.82, 2.24) is 9.88 Å². The minimum Gasteiger partial charge on any atom is -0.381 e. The lowest BCUT2D eigenvalue weighted by molar-refractivity contribution is -0.135. The summed E-state index contributed by atoms with van der Waals surface area (Å²) in [6.45, 7) is 5.30. The number of fused-ring (bicyclic) bond motifs is 1. The molecule has 4 nitrogen and oxygen atoms in total. The Morgan fingerprint density at radius 2 is 2.09 bits per heavy atom.